The molecule has 19 heavy (non-hydrogen) atoms. The van der Waals surface area contributed by atoms with Crippen LogP contribution in [0.3, 0.4) is 0 Å². The quantitative estimate of drug-likeness (QED) is 0.829. The smallest absolute Gasteiger partial charge is 0.123 e. The number of halogens is 1. The number of hydrogen-bond acceptors (Lipinski definition) is 2. The van der Waals surface area contributed by atoms with E-state index in [9.17, 15) is 9.50 Å². The number of benzene rings is 1. The second-order valence-corrected chi connectivity index (χ2v) is 6.51. The lowest BCUT2D eigenvalue weighted by molar-refractivity contribution is 0.0438. The van der Waals surface area contributed by atoms with Crippen LogP contribution >= 0.6 is 0 Å². The van der Waals surface area contributed by atoms with E-state index in [-0.39, 0.29) is 23.3 Å². The van der Waals surface area contributed by atoms with Gasteiger partial charge in [0.1, 0.15) is 5.82 Å². The molecule has 0 atom stereocenters. The van der Waals surface area contributed by atoms with Crippen molar-refractivity contribution in [3.63, 3.8) is 0 Å². The summed E-state index contributed by atoms with van der Waals surface area (Å²) in [6.07, 6.45) is 3.46. The third-order valence-electron chi connectivity index (χ3n) is 4.44. The Hall–Kier alpha value is -0.930. The molecule has 0 spiro atoms. The molecule has 0 aliphatic heterocycles. The maximum absolute atomic E-state index is 12.9. The molecule has 1 aliphatic rings. The molecule has 0 saturated heterocycles. The summed E-state index contributed by atoms with van der Waals surface area (Å²) in [6.45, 7) is 6.28. The highest BCUT2D eigenvalue weighted by Gasteiger charge is 2.36. The van der Waals surface area contributed by atoms with Crippen molar-refractivity contribution in [1.82, 2.24) is 5.32 Å². The van der Waals surface area contributed by atoms with Gasteiger partial charge in [0.25, 0.3) is 0 Å². The highest BCUT2D eigenvalue weighted by molar-refractivity contribution is 5.24. The topological polar surface area (TPSA) is 32.3 Å². The SMILES string of the molecule is CC(C)(CNCC1(CO)CCC1)c1ccc(F)cc1. The van der Waals surface area contributed by atoms with E-state index in [1.54, 1.807) is 0 Å². The average Bonchev–Trinajstić information content (AvgIpc) is 2.33. The molecule has 0 unspecified atom stereocenters. The minimum Gasteiger partial charge on any atom is -0.396 e. The predicted octanol–water partition coefficient (Wildman–Crippen LogP) is 2.86. The van der Waals surface area contributed by atoms with Crippen molar-refractivity contribution >= 4 is 0 Å². The van der Waals surface area contributed by atoms with Gasteiger partial charge >= 0.3 is 0 Å². The van der Waals surface area contributed by atoms with Gasteiger partial charge in [0, 0.05) is 30.5 Å². The Morgan fingerprint density at radius 2 is 1.89 bits per heavy atom. The third kappa shape index (κ3) is 3.34. The summed E-state index contributed by atoms with van der Waals surface area (Å²) in [6, 6.07) is 6.72. The molecule has 0 heterocycles. The largest absolute Gasteiger partial charge is 0.396 e. The fraction of sp³-hybridized carbons (Fsp3) is 0.625. The Kier molecular flexibility index (Phi) is 4.26. The van der Waals surface area contributed by atoms with Crippen LogP contribution < -0.4 is 5.32 Å². The molecule has 2 nitrogen and oxygen atoms in total. The van der Waals surface area contributed by atoms with Crippen LogP contribution in [0.4, 0.5) is 4.39 Å². The van der Waals surface area contributed by atoms with E-state index in [0.717, 1.165) is 31.5 Å². The summed E-state index contributed by atoms with van der Waals surface area (Å²) in [4.78, 5) is 0. The lowest BCUT2D eigenvalue weighted by atomic mass is 9.69. The molecule has 3 heteroatoms. The van der Waals surface area contributed by atoms with Gasteiger partial charge in [0.15, 0.2) is 0 Å². The second kappa shape index (κ2) is 5.59. The van der Waals surface area contributed by atoms with Crippen molar-refractivity contribution in [3.05, 3.63) is 35.6 Å². The van der Waals surface area contributed by atoms with Crippen molar-refractivity contribution in [2.75, 3.05) is 19.7 Å². The average molecular weight is 265 g/mol. The third-order valence-corrected chi connectivity index (χ3v) is 4.44. The molecular weight excluding hydrogens is 241 g/mol. The van der Waals surface area contributed by atoms with Gasteiger partial charge in [-0.25, -0.2) is 4.39 Å². The Balaban J connectivity index is 1.88. The summed E-state index contributed by atoms with van der Waals surface area (Å²) in [5.41, 5.74) is 1.21. The summed E-state index contributed by atoms with van der Waals surface area (Å²) < 4.78 is 12.9. The van der Waals surface area contributed by atoms with Crippen LogP contribution in [0, 0.1) is 11.2 Å². The zero-order valence-corrected chi connectivity index (χ0v) is 11.9. The predicted molar refractivity (Wildman–Crippen MR) is 75.7 cm³/mol. The van der Waals surface area contributed by atoms with Crippen molar-refractivity contribution in [1.29, 1.82) is 0 Å². The zero-order valence-electron chi connectivity index (χ0n) is 11.9. The summed E-state index contributed by atoms with van der Waals surface area (Å²) in [5, 5.41) is 12.9. The molecule has 1 saturated carbocycles. The van der Waals surface area contributed by atoms with E-state index in [1.807, 2.05) is 12.1 Å². The van der Waals surface area contributed by atoms with Gasteiger partial charge in [-0.2, -0.15) is 0 Å². The number of nitrogens with one attached hydrogen (secondary N) is 1. The molecule has 0 aromatic heterocycles. The maximum atomic E-state index is 12.9. The zero-order chi connectivity index (χ0) is 13.9. The number of hydrogen-bond donors (Lipinski definition) is 2. The Labute approximate surface area is 115 Å². The van der Waals surface area contributed by atoms with Gasteiger partial charge in [-0.15, -0.1) is 0 Å². The molecule has 0 bridgehead atoms. The van der Waals surface area contributed by atoms with Crippen LogP contribution in [-0.2, 0) is 5.41 Å². The van der Waals surface area contributed by atoms with Gasteiger partial charge in [-0.3, -0.25) is 0 Å². The fourth-order valence-corrected chi connectivity index (χ4v) is 2.71. The lowest BCUT2D eigenvalue weighted by Crippen LogP contribution is -2.45. The Morgan fingerprint density at radius 1 is 1.26 bits per heavy atom. The fourth-order valence-electron chi connectivity index (χ4n) is 2.71. The van der Waals surface area contributed by atoms with Crippen LogP contribution in [0.5, 0.6) is 0 Å². The van der Waals surface area contributed by atoms with E-state index in [4.69, 9.17) is 0 Å². The molecular formula is C16H24FNO. The van der Waals surface area contributed by atoms with Gasteiger partial charge in [0.05, 0.1) is 0 Å². The van der Waals surface area contributed by atoms with E-state index in [1.165, 1.54) is 18.6 Å². The van der Waals surface area contributed by atoms with Crippen LogP contribution in [0.15, 0.2) is 24.3 Å². The molecule has 2 rings (SSSR count). The first kappa shape index (κ1) is 14.5. The summed E-state index contributed by atoms with van der Waals surface area (Å²) >= 11 is 0. The number of rotatable bonds is 6. The van der Waals surface area contributed by atoms with Gasteiger partial charge in [-0.05, 0) is 30.5 Å². The molecule has 1 aliphatic carbocycles. The van der Waals surface area contributed by atoms with Crippen LogP contribution in [-0.4, -0.2) is 24.8 Å². The summed E-state index contributed by atoms with van der Waals surface area (Å²) in [5.74, 6) is -0.193. The monoisotopic (exact) mass is 265 g/mol. The molecule has 1 aromatic rings. The van der Waals surface area contributed by atoms with Crippen molar-refractivity contribution in [2.45, 2.75) is 38.5 Å². The number of aliphatic hydroxyl groups excluding tert-OH is 1. The van der Waals surface area contributed by atoms with Gasteiger partial charge < -0.3 is 10.4 Å². The standard InChI is InChI=1S/C16H24FNO/c1-15(2,13-4-6-14(17)7-5-13)10-18-11-16(12-19)8-3-9-16/h4-7,18-19H,3,8-12H2,1-2H3. The molecule has 0 radical (unpaired) electrons. The van der Waals surface area contributed by atoms with Crippen molar-refractivity contribution in [3.8, 4) is 0 Å². The minimum atomic E-state index is -0.193. The van der Waals surface area contributed by atoms with E-state index < -0.39 is 0 Å². The highest BCUT2D eigenvalue weighted by atomic mass is 19.1. The van der Waals surface area contributed by atoms with Gasteiger partial charge in [-0.1, -0.05) is 32.4 Å². The maximum Gasteiger partial charge on any atom is 0.123 e. The molecule has 1 aromatic carbocycles. The van der Waals surface area contributed by atoms with Crippen LogP contribution in [0.1, 0.15) is 38.7 Å². The molecule has 2 N–H and O–H groups in total. The normalized spacial score (nSPS) is 18.1. The lowest BCUT2D eigenvalue weighted by Gasteiger charge is -2.41. The van der Waals surface area contributed by atoms with E-state index in [2.05, 4.69) is 19.2 Å². The first-order valence-electron chi connectivity index (χ1n) is 7.05. The number of aliphatic hydroxyl groups is 1. The summed E-state index contributed by atoms with van der Waals surface area (Å²) in [7, 11) is 0. The highest BCUT2D eigenvalue weighted by Crippen LogP contribution is 2.39. The first-order valence-corrected chi connectivity index (χ1v) is 7.05. The Morgan fingerprint density at radius 3 is 2.37 bits per heavy atom. The van der Waals surface area contributed by atoms with Crippen LogP contribution in [0.2, 0.25) is 0 Å². The van der Waals surface area contributed by atoms with Crippen molar-refractivity contribution < 1.29 is 9.50 Å². The van der Waals surface area contributed by atoms with Crippen LogP contribution in [0.25, 0.3) is 0 Å². The minimum absolute atomic E-state index is 0.0336. The van der Waals surface area contributed by atoms with Crippen molar-refractivity contribution in [2.24, 2.45) is 5.41 Å². The molecule has 1 fully saturated rings. The molecule has 106 valence electrons. The van der Waals surface area contributed by atoms with E-state index in [0.29, 0.717) is 0 Å². The van der Waals surface area contributed by atoms with Gasteiger partial charge in [0.2, 0.25) is 0 Å². The Bertz CT molecular complexity index is 404. The van der Waals surface area contributed by atoms with E-state index >= 15 is 0 Å². The molecule has 0 amide bonds. The second-order valence-electron chi connectivity index (χ2n) is 6.51. The first-order chi connectivity index (χ1) is 8.97.